The Morgan fingerprint density at radius 2 is 2.00 bits per heavy atom. The van der Waals surface area contributed by atoms with Crippen LogP contribution in [0.4, 0.5) is 5.82 Å². The zero-order chi connectivity index (χ0) is 13.5. The van der Waals surface area contributed by atoms with E-state index in [4.69, 9.17) is 4.74 Å². The molecule has 0 amide bonds. The van der Waals surface area contributed by atoms with Gasteiger partial charge in [0.25, 0.3) is 0 Å². The van der Waals surface area contributed by atoms with Crippen LogP contribution in [0.25, 0.3) is 0 Å². The van der Waals surface area contributed by atoms with Crippen molar-refractivity contribution in [2.75, 3.05) is 18.5 Å². The first kappa shape index (κ1) is 15.6. The van der Waals surface area contributed by atoms with Crippen molar-refractivity contribution in [2.45, 2.75) is 40.7 Å². The van der Waals surface area contributed by atoms with E-state index in [-0.39, 0.29) is 0 Å². The highest BCUT2D eigenvalue weighted by Gasteiger charge is 2.13. The second kappa shape index (κ2) is 7.89. The standard InChI is InChI=1S/C13H22IN3O/c1-5-15-13-12(14)10(7-9(3)4)16-11(17-13)8-18-6-2/h9H,5-8H2,1-4H3,(H,15,16,17). The minimum atomic E-state index is 0.483. The number of anilines is 1. The summed E-state index contributed by atoms with van der Waals surface area (Å²) in [7, 11) is 0. The van der Waals surface area contributed by atoms with Gasteiger partial charge in [-0.1, -0.05) is 13.8 Å². The fraction of sp³-hybridized carbons (Fsp3) is 0.692. The van der Waals surface area contributed by atoms with E-state index in [2.05, 4.69) is 58.6 Å². The number of rotatable bonds is 7. The zero-order valence-electron chi connectivity index (χ0n) is 11.6. The van der Waals surface area contributed by atoms with Crippen molar-refractivity contribution in [3.05, 3.63) is 15.1 Å². The summed E-state index contributed by atoms with van der Waals surface area (Å²) in [6.45, 7) is 10.5. The third-order valence-electron chi connectivity index (χ3n) is 2.35. The Bertz CT molecular complexity index is 383. The van der Waals surface area contributed by atoms with Crippen LogP contribution in [0.3, 0.4) is 0 Å². The Balaban J connectivity index is 3.02. The van der Waals surface area contributed by atoms with Crippen LogP contribution in [0.1, 0.15) is 39.2 Å². The van der Waals surface area contributed by atoms with E-state index in [1.54, 1.807) is 0 Å². The lowest BCUT2D eigenvalue weighted by molar-refractivity contribution is 0.128. The normalized spacial score (nSPS) is 11.0. The van der Waals surface area contributed by atoms with E-state index in [0.717, 1.165) is 33.9 Å². The number of halogens is 1. The van der Waals surface area contributed by atoms with Gasteiger partial charge >= 0.3 is 0 Å². The zero-order valence-corrected chi connectivity index (χ0v) is 13.7. The average molecular weight is 363 g/mol. The highest BCUT2D eigenvalue weighted by atomic mass is 127. The van der Waals surface area contributed by atoms with Crippen molar-refractivity contribution >= 4 is 28.4 Å². The lowest BCUT2D eigenvalue weighted by atomic mass is 10.1. The number of nitrogens with zero attached hydrogens (tertiary/aromatic N) is 2. The highest BCUT2D eigenvalue weighted by Crippen LogP contribution is 2.21. The Morgan fingerprint density at radius 3 is 2.56 bits per heavy atom. The molecular formula is C13H22IN3O. The maximum atomic E-state index is 5.40. The topological polar surface area (TPSA) is 47.0 Å². The maximum Gasteiger partial charge on any atom is 0.156 e. The van der Waals surface area contributed by atoms with Crippen LogP contribution >= 0.6 is 22.6 Å². The van der Waals surface area contributed by atoms with Gasteiger partial charge < -0.3 is 10.1 Å². The fourth-order valence-corrected chi connectivity index (χ4v) is 2.26. The van der Waals surface area contributed by atoms with E-state index in [1.165, 1.54) is 0 Å². The molecule has 0 aliphatic rings. The number of nitrogens with one attached hydrogen (secondary N) is 1. The van der Waals surface area contributed by atoms with Gasteiger partial charge in [0, 0.05) is 13.2 Å². The van der Waals surface area contributed by atoms with Gasteiger partial charge in [0.15, 0.2) is 5.82 Å². The molecule has 0 radical (unpaired) electrons. The van der Waals surface area contributed by atoms with Crippen LogP contribution in [0.5, 0.6) is 0 Å². The third-order valence-corrected chi connectivity index (χ3v) is 3.48. The second-order valence-corrected chi connectivity index (χ2v) is 5.59. The molecule has 102 valence electrons. The van der Waals surface area contributed by atoms with Gasteiger partial charge in [-0.25, -0.2) is 9.97 Å². The van der Waals surface area contributed by atoms with E-state index < -0.39 is 0 Å². The summed E-state index contributed by atoms with van der Waals surface area (Å²) in [6, 6.07) is 0. The van der Waals surface area contributed by atoms with Crippen LogP contribution in [-0.4, -0.2) is 23.1 Å². The molecule has 0 bridgehead atoms. The molecule has 1 N–H and O–H groups in total. The summed E-state index contributed by atoms with van der Waals surface area (Å²) in [5.74, 6) is 2.28. The number of hydrogen-bond acceptors (Lipinski definition) is 4. The predicted molar refractivity (Wildman–Crippen MR) is 82.8 cm³/mol. The summed E-state index contributed by atoms with van der Waals surface area (Å²) in [6.07, 6.45) is 0.971. The molecule has 1 aromatic heterocycles. The summed E-state index contributed by atoms with van der Waals surface area (Å²) in [5.41, 5.74) is 1.12. The first-order valence-corrected chi connectivity index (χ1v) is 7.53. The molecule has 0 saturated heterocycles. The van der Waals surface area contributed by atoms with Crippen molar-refractivity contribution < 1.29 is 4.74 Å². The van der Waals surface area contributed by atoms with Gasteiger partial charge in [-0.15, -0.1) is 0 Å². The molecule has 1 aromatic rings. The molecule has 5 heteroatoms. The number of ether oxygens (including phenoxy) is 1. The highest BCUT2D eigenvalue weighted by molar-refractivity contribution is 14.1. The van der Waals surface area contributed by atoms with Crippen LogP contribution in [0, 0.1) is 9.49 Å². The van der Waals surface area contributed by atoms with Crippen molar-refractivity contribution in [2.24, 2.45) is 5.92 Å². The minimum absolute atomic E-state index is 0.483. The Morgan fingerprint density at radius 1 is 1.28 bits per heavy atom. The van der Waals surface area contributed by atoms with E-state index in [9.17, 15) is 0 Å². The quantitative estimate of drug-likeness (QED) is 0.756. The Labute approximate surface area is 123 Å². The van der Waals surface area contributed by atoms with Crippen molar-refractivity contribution in [1.82, 2.24) is 9.97 Å². The lowest BCUT2D eigenvalue weighted by Crippen LogP contribution is -2.12. The molecule has 0 fully saturated rings. The number of hydrogen-bond donors (Lipinski definition) is 1. The minimum Gasteiger partial charge on any atom is -0.374 e. The smallest absolute Gasteiger partial charge is 0.156 e. The summed E-state index contributed by atoms with van der Waals surface area (Å²) < 4.78 is 6.53. The van der Waals surface area contributed by atoms with Gasteiger partial charge in [-0.05, 0) is 48.8 Å². The third kappa shape index (κ3) is 4.68. The molecule has 0 atom stereocenters. The van der Waals surface area contributed by atoms with Crippen LogP contribution in [-0.2, 0) is 17.8 Å². The van der Waals surface area contributed by atoms with Gasteiger partial charge in [-0.3, -0.25) is 0 Å². The molecule has 0 spiro atoms. The van der Waals surface area contributed by atoms with Gasteiger partial charge in [0.05, 0.1) is 9.26 Å². The molecule has 0 aliphatic heterocycles. The largest absolute Gasteiger partial charge is 0.374 e. The molecule has 0 saturated carbocycles. The summed E-state index contributed by atoms with van der Waals surface area (Å²) in [5, 5.41) is 3.29. The van der Waals surface area contributed by atoms with Gasteiger partial charge in [-0.2, -0.15) is 0 Å². The second-order valence-electron chi connectivity index (χ2n) is 4.51. The predicted octanol–water partition coefficient (Wildman–Crippen LogP) is 3.25. The Kier molecular flexibility index (Phi) is 6.85. The molecule has 0 aromatic carbocycles. The molecule has 4 nitrogen and oxygen atoms in total. The van der Waals surface area contributed by atoms with Crippen molar-refractivity contribution in [3.63, 3.8) is 0 Å². The van der Waals surface area contributed by atoms with Crippen molar-refractivity contribution in [3.8, 4) is 0 Å². The van der Waals surface area contributed by atoms with Crippen molar-refractivity contribution in [1.29, 1.82) is 0 Å². The molecule has 1 rings (SSSR count). The lowest BCUT2D eigenvalue weighted by Gasteiger charge is -2.13. The maximum absolute atomic E-state index is 5.40. The summed E-state index contributed by atoms with van der Waals surface area (Å²) >= 11 is 2.32. The molecule has 1 heterocycles. The molecular weight excluding hydrogens is 341 g/mol. The van der Waals surface area contributed by atoms with Crippen LogP contribution in [0.15, 0.2) is 0 Å². The van der Waals surface area contributed by atoms with Crippen LogP contribution in [0.2, 0.25) is 0 Å². The van der Waals surface area contributed by atoms with Gasteiger partial charge in [0.2, 0.25) is 0 Å². The first-order valence-electron chi connectivity index (χ1n) is 6.45. The van der Waals surface area contributed by atoms with Crippen LogP contribution < -0.4 is 5.32 Å². The number of aromatic nitrogens is 2. The van der Waals surface area contributed by atoms with E-state index >= 15 is 0 Å². The molecule has 0 aliphatic carbocycles. The first-order chi connectivity index (χ1) is 8.58. The molecule has 0 unspecified atom stereocenters. The molecule has 18 heavy (non-hydrogen) atoms. The fourth-order valence-electron chi connectivity index (χ4n) is 1.61. The summed E-state index contributed by atoms with van der Waals surface area (Å²) in [4.78, 5) is 9.12. The Hall–Kier alpha value is -0.430. The SMILES string of the molecule is CCNc1nc(COCC)nc(CC(C)C)c1I. The van der Waals surface area contributed by atoms with E-state index in [1.807, 2.05) is 6.92 Å². The van der Waals surface area contributed by atoms with E-state index in [0.29, 0.717) is 19.1 Å². The monoisotopic (exact) mass is 363 g/mol. The average Bonchev–Trinajstić information content (AvgIpc) is 2.31. The van der Waals surface area contributed by atoms with Gasteiger partial charge in [0.1, 0.15) is 12.4 Å².